The summed E-state index contributed by atoms with van der Waals surface area (Å²) >= 11 is 1.77. The Morgan fingerprint density at radius 3 is 3.00 bits per heavy atom. The zero-order valence-electron chi connectivity index (χ0n) is 8.92. The molecule has 15 heavy (non-hydrogen) atoms. The largest absolute Gasteiger partial charge is 0.385 e. The van der Waals surface area contributed by atoms with Crippen molar-refractivity contribution >= 4 is 27.1 Å². The van der Waals surface area contributed by atoms with Gasteiger partial charge in [0, 0.05) is 23.5 Å². The smallest absolute Gasteiger partial charge is 0.0366 e. The summed E-state index contributed by atoms with van der Waals surface area (Å²) in [7, 11) is 0. The van der Waals surface area contributed by atoms with E-state index in [-0.39, 0.29) is 0 Å². The highest BCUT2D eigenvalue weighted by Crippen LogP contribution is 2.28. The second-order valence-electron chi connectivity index (χ2n) is 3.60. The Bertz CT molecular complexity index is 448. The monoisotopic (exact) mass is 220 g/mol. The summed E-state index contributed by atoms with van der Waals surface area (Å²) in [5.41, 5.74) is 8.12. The Labute approximate surface area is 94.1 Å². The topological polar surface area (TPSA) is 38.0 Å². The van der Waals surface area contributed by atoms with Crippen LogP contribution in [-0.4, -0.2) is 6.54 Å². The first kappa shape index (κ1) is 10.5. The lowest BCUT2D eigenvalue weighted by Crippen LogP contribution is -1.99. The Morgan fingerprint density at radius 2 is 2.27 bits per heavy atom. The maximum Gasteiger partial charge on any atom is 0.0366 e. The molecule has 0 amide bonds. The number of anilines is 1. The van der Waals surface area contributed by atoms with Crippen LogP contribution in [0.4, 0.5) is 5.69 Å². The molecular formula is C12H16N2S. The molecular weight excluding hydrogens is 204 g/mol. The molecule has 3 heteroatoms. The van der Waals surface area contributed by atoms with Gasteiger partial charge in [-0.05, 0) is 34.9 Å². The van der Waals surface area contributed by atoms with Crippen LogP contribution in [0, 0.1) is 0 Å². The van der Waals surface area contributed by atoms with E-state index in [9.17, 15) is 0 Å². The van der Waals surface area contributed by atoms with Crippen LogP contribution >= 0.6 is 11.3 Å². The van der Waals surface area contributed by atoms with E-state index < -0.39 is 0 Å². The molecule has 80 valence electrons. The van der Waals surface area contributed by atoms with Gasteiger partial charge in [0.25, 0.3) is 0 Å². The predicted octanol–water partition coefficient (Wildman–Crippen LogP) is 3.18. The molecule has 0 atom stereocenters. The van der Waals surface area contributed by atoms with E-state index in [0.717, 1.165) is 13.0 Å². The van der Waals surface area contributed by atoms with Crippen LogP contribution in [0.25, 0.3) is 10.1 Å². The van der Waals surface area contributed by atoms with Crippen molar-refractivity contribution in [3.8, 4) is 0 Å². The van der Waals surface area contributed by atoms with Gasteiger partial charge in [-0.1, -0.05) is 13.0 Å². The predicted molar refractivity (Wildman–Crippen MR) is 68.5 cm³/mol. The maximum atomic E-state index is 5.67. The number of hydrogen-bond donors (Lipinski definition) is 2. The summed E-state index contributed by atoms with van der Waals surface area (Å²) in [5, 5.41) is 6.83. The van der Waals surface area contributed by atoms with E-state index in [2.05, 4.69) is 35.8 Å². The molecule has 0 unspecified atom stereocenters. The SMILES string of the molecule is CCCNc1ccc2c(CN)csc2c1. The van der Waals surface area contributed by atoms with E-state index in [1.165, 1.54) is 21.3 Å². The average molecular weight is 220 g/mol. The van der Waals surface area contributed by atoms with Crippen LogP contribution in [0.2, 0.25) is 0 Å². The van der Waals surface area contributed by atoms with Crippen LogP contribution in [-0.2, 0) is 6.54 Å². The van der Waals surface area contributed by atoms with E-state index in [1.807, 2.05) is 0 Å². The number of nitrogens with two attached hydrogens (primary N) is 1. The van der Waals surface area contributed by atoms with Crippen LogP contribution in [0.3, 0.4) is 0 Å². The quantitative estimate of drug-likeness (QED) is 0.830. The molecule has 0 aliphatic rings. The molecule has 0 aliphatic carbocycles. The third-order valence-electron chi connectivity index (χ3n) is 2.45. The molecule has 0 saturated carbocycles. The fourth-order valence-corrected chi connectivity index (χ4v) is 2.63. The summed E-state index contributed by atoms with van der Waals surface area (Å²) in [6, 6.07) is 6.49. The number of rotatable bonds is 4. The van der Waals surface area contributed by atoms with Gasteiger partial charge in [0.05, 0.1) is 0 Å². The standard InChI is InChI=1S/C12H16N2S/c1-2-5-14-10-3-4-11-9(7-13)8-15-12(11)6-10/h3-4,6,8,14H,2,5,7,13H2,1H3. The van der Waals surface area contributed by atoms with E-state index in [0.29, 0.717) is 6.54 Å². The average Bonchev–Trinajstić information content (AvgIpc) is 2.68. The third kappa shape index (κ3) is 2.13. The molecule has 0 saturated heterocycles. The minimum Gasteiger partial charge on any atom is -0.385 e. The van der Waals surface area contributed by atoms with Gasteiger partial charge in [0.15, 0.2) is 0 Å². The number of hydrogen-bond acceptors (Lipinski definition) is 3. The van der Waals surface area contributed by atoms with Crippen molar-refractivity contribution in [1.82, 2.24) is 0 Å². The van der Waals surface area contributed by atoms with Gasteiger partial charge in [0.2, 0.25) is 0 Å². The molecule has 0 spiro atoms. The van der Waals surface area contributed by atoms with Crippen LogP contribution in [0.15, 0.2) is 23.6 Å². The Balaban J connectivity index is 2.31. The minimum absolute atomic E-state index is 0.627. The van der Waals surface area contributed by atoms with Crippen molar-refractivity contribution in [2.75, 3.05) is 11.9 Å². The molecule has 0 aliphatic heterocycles. The Morgan fingerprint density at radius 1 is 1.40 bits per heavy atom. The van der Waals surface area contributed by atoms with Crippen molar-refractivity contribution in [1.29, 1.82) is 0 Å². The molecule has 2 nitrogen and oxygen atoms in total. The number of fused-ring (bicyclic) bond motifs is 1. The highest BCUT2D eigenvalue weighted by Gasteiger charge is 2.02. The first-order valence-corrected chi connectivity index (χ1v) is 6.17. The zero-order valence-corrected chi connectivity index (χ0v) is 9.73. The first-order valence-electron chi connectivity index (χ1n) is 5.29. The van der Waals surface area contributed by atoms with Gasteiger partial charge < -0.3 is 11.1 Å². The van der Waals surface area contributed by atoms with Crippen LogP contribution < -0.4 is 11.1 Å². The lowest BCUT2D eigenvalue weighted by Gasteiger charge is -2.04. The number of thiophene rings is 1. The maximum absolute atomic E-state index is 5.67. The molecule has 2 rings (SSSR count). The highest BCUT2D eigenvalue weighted by molar-refractivity contribution is 7.17. The molecule has 0 fully saturated rings. The summed E-state index contributed by atoms with van der Waals surface area (Å²) in [6.07, 6.45) is 1.15. The number of benzene rings is 1. The summed E-state index contributed by atoms with van der Waals surface area (Å²) in [5.74, 6) is 0. The lowest BCUT2D eigenvalue weighted by atomic mass is 10.1. The van der Waals surface area contributed by atoms with E-state index in [1.54, 1.807) is 11.3 Å². The second-order valence-corrected chi connectivity index (χ2v) is 4.51. The van der Waals surface area contributed by atoms with Gasteiger partial charge in [0.1, 0.15) is 0 Å². The zero-order chi connectivity index (χ0) is 10.7. The van der Waals surface area contributed by atoms with Crippen molar-refractivity contribution < 1.29 is 0 Å². The summed E-state index contributed by atoms with van der Waals surface area (Å²) in [4.78, 5) is 0. The van der Waals surface area contributed by atoms with Crippen molar-refractivity contribution in [3.05, 3.63) is 29.1 Å². The third-order valence-corrected chi connectivity index (χ3v) is 3.45. The van der Waals surface area contributed by atoms with Gasteiger partial charge in [-0.15, -0.1) is 11.3 Å². The summed E-state index contributed by atoms with van der Waals surface area (Å²) in [6.45, 7) is 3.82. The van der Waals surface area contributed by atoms with Crippen LogP contribution in [0.1, 0.15) is 18.9 Å². The fourth-order valence-electron chi connectivity index (χ4n) is 1.62. The van der Waals surface area contributed by atoms with Gasteiger partial charge in [-0.2, -0.15) is 0 Å². The van der Waals surface area contributed by atoms with E-state index >= 15 is 0 Å². The molecule has 2 aromatic rings. The molecule has 1 aromatic heterocycles. The highest BCUT2D eigenvalue weighted by atomic mass is 32.1. The van der Waals surface area contributed by atoms with Gasteiger partial charge >= 0.3 is 0 Å². The first-order chi connectivity index (χ1) is 7.35. The van der Waals surface area contributed by atoms with Gasteiger partial charge in [-0.3, -0.25) is 0 Å². The van der Waals surface area contributed by atoms with Gasteiger partial charge in [-0.25, -0.2) is 0 Å². The van der Waals surface area contributed by atoms with Crippen molar-refractivity contribution in [2.24, 2.45) is 5.73 Å². The summed E-state index contributed by atoms with van der Waals surface area (Å²) < 4.78 is 1.32. The van der Waals surface area contributed by atoms with Crippen molar-refractivity contribution in [2.45, 2.75) is 19.9 Å². The second kappa shape index (κ2) is 4.64. The minimum atomic E-state index is 0.627. The Kier molecular flexibility index (Phi) is 3.23. The van der Waals surface area contributed by atoms with Crippen molar-refractivity contribution in [3.63, 3.8) is 0 Å². The number of nitrogens with one attached hydrogen (secondary N) is 1. The molecule has 1 aromatic carbocycles. The normalized spacial score (nSPS) is 10.8. The van der Waals surface area contributed by atoms with Crippen LogP contribution in [0.5, 0.6) is 0 Å². The molecule has 0 radical (unpaired) electrons. The fraction of sp³-hybridized carbons (Fsp3) is 0.333. The Hall–Kier alpha value is -1.06. The molecule has 3 N–H and O–H groups in total. The lowest BCUT2D eigenvalue weighted by molar-refractivity contribution is 0.980. The molecule has 1 heterocycles. The van der Waals surface area contributed by atoms with E-state index in [4.69, 9.17) is 5.73 Å². The molecule has 0 bridgehead atoms.